The van der Waals surface area contributed by atoms with E-state index in [1.807, 2.05) is 0 Å². The Bertz CT molecular complexity index is 5180. The van der Waals surface area contributed by atoms with E-state index in [1.54, 1.807) is 99.0 Å². The summed E-state index contributed by atoms with van der Waals surface area (Å²) >= 11 is 1.01. The van der Waals surface area contributed by atoms with Crippen molar-refractivity contribution in [3.8, 4) is 0 Å². The summed E-state index contributed by atoms with van der Waals surface area (Å²) in [7, 11) is 3.80. The van der Waals surface area contributed by atoms with Gasteiger partial charge < -0.3 is 126 Å². The lowest BCUT2D eigenvalue weighted by Crippen LogP contribution is -2.62. The van der Waals surface area contributed by atoms with Gasteiger partial charge in [0.25, 0.3) is 0 Å². The molecule has 3 fully saturated rings. The first-order valence-corrected chi connectivity index (χ1v) is 45.2. The van der Waals surface area contributed by atoms with E-state index in [-0.39, 0.29) is 108 Å². The molecular weight excluding hydrogens is 1730 g/mol. The fourth-order valence-corrected chi connectivity index (χ4v) is 16.8. The van der Waals surface area contributed by atoms with E-state index in [0.717, 1.165) is 37.8 Å². The van der Waals surface area contributed by atoms with Crippen LogP contribution in [0.4, 0.5) is 0 Å². The van der Waals surface area contributed by atoms with Crippen LogP contribution in [-0.2, 0) is 114 Å². The molecule has 3 aromatic heterocycles. The molecule has 13 unspecified atom stereocenters. The molecule has 17 amide bonds. The molecule has 23 N–H and O–H groups in total. The smallest absolute Gasteiger partial charge is 0.247 e. The predicted octanol–water partition coefficient (Wildman–Crippen LogP) is -4.31. The molecule has 2 saturated heterocycles. The highest BCUT2D eigenvalue weighted by Gasteiger charge is 2.43. The lowest BCUT2D eigenvalue weighted by atomic mass is 9.85. The highest BCUT2D eigenvalue weighted by molar-refractivity contribution is 8.00. The molecule has 10 rings (SSSR count). The van der Waals surface area contributed by atoms with E-state index >= 15 is 14.4 Å². The van der Waals surface area contributed by atoms with Crippen LogP contribution in [0.3, 0.4) is 0 Å². The molecule has 6 aromatic rings. The molecule has 0 radical (unpaired) electrons. The number of aliphatic hydroxyl groups excluding tert-OH is 1. The summed E-state index contributed by atoms with van der Waals surface area (Å²) in [6, 6.07) is 1.37. The first-order valence-electron chi connectivity index (χ1n) is 44.1. The van der Waals surface area contributed by atoms with Crippen LogP contribution in [0, 0.1) is 17.2 Å². The largest absolute Gasteiger partial charge is 0.394 e. The number of nitrogens with one attached hydrogen (secondary N) is 18. The van der Waals surface area contributed by atoms with Crippen LogP contribution in [0.5, 0.6) is 0 Å². The maximum atomic E-state index is 15.4. The van der Waals surface area contributed by atoms with Gasteiger partial charge >= 0.3 is 0 Å². The number of imidazole rings is 1. The average molecular weight is 1850 g/mol. The van der Waals surface area contributed by atoms with Gasteiger partial charge in [0.1, 0.15) is 72.5 Å². The number of hydrogen-bond acceptors (Lipinski definition) is 22. The molecule has 1 saturated carbocycles. The third-order valence-corrected chi connectivity index (χ3v) is 24.9. The summed E-state index contributed by atoms with van der Waals surface area (Å²) in [5.74, 6) is -16.1. The molecule has 43 nitrogen and oxygen atoms in total. The third-order valence-electron chi connectivity index (χ3n) is 23.8. The van der Waals surface area contributed by atoms with Gasteiger partial charge in [-0.1, -0.05) is 80.9 Å². The number of likely N-dealkylation sites (N-methyl/N-ethyl adjacent to an activating group) is 3. The number of aliphatic hydroxyl groups is 1. The zero-order valence-corrected chi connectivity index (χ0v) is 75.7. The summed E-state index contributed by atoms with van der Waals surface area (Å²) in [6.07, 6.45) is 6.15. The van der Waals surface area contributed by atoms with Crippen LogP contribution >= 0.6 is 11.8 Å². The highest BCUT2D eigenvalue weighted by Crippen LogP contribution is 2.28. The van der Waals surface area contributed by atoms with Gasteiger partial charge in [-0.2, -0.15) is 0 Å². The van der Waals surface area contributed by atoms with Crippen LogP contribution in [0.1, 0.15) is 113 Å². The molecule has 3 aromatic carbocycles. The number of aromatic nitrogens is 4. The number of nitrogens with zero attached hydrogens (tertiary/aromatic N) is 5. The zero-order chi connectivity index (χ0) is 95.6. The van der Waals surface area contributed by atoms with Crippen molar-refractivity contribution in [3.05, 3.63) is 126 Å². The van der Waals surface area contributed by atoms with Crippen molar-refractivity contribution in [3.63, 3.8) is 0 Å². The highest BCUT2D eigenvalue weighted by atomic mass is 32.2. The topological polar surface area (TPSA) is 628 Å². The average Bonchev–Trinajstić information content (AvgIpc) is 1.67. The van der Waals surface area contributed by atoms with E-state index < -0.39 is 217 Å². The maximum Gasteiger partial charge on any atom is 0.247 e. The van der Waals surface area contributed by atoms with Crippen LogP contribution in [0.25, 0.3) is 21.8 Å². The number of hydrogen-bond donors (Lipinski definition) is 21. The Kier molecular flexibility index (Phi) is 36.5. The van der Waals surface area contributed by atoms with Crippen LogP contribution < -0.4 is 85.9 Å². The van der Waals surface area contributed by atoms with Crippen LogP contribution in [0.2, 0.25) is 0 Å². The number of thioether (sulfide) groups is 1. The fourth-order valence-electron chi connectivity index (χ4n) is 16.0. The van der Waals surface area contributed by atoms with Crippen molar-refractivity contribution in [2.75, 3.05) is 78.5 Å². The molecule has 712 valence electrons. The Morgan fingerprint density at radius 3 is 1.77 bits per heavy atom. The van der Waals surface area contributed by atoms with Crippen molar-refractivity contribution in [2.24, 2.45) is 23.3 Å². The lowest BCUT2D eigenvalue weighted by Gasteiger charge is -2.32. The van der Waals surface area contributed by atoms with Gasteiger partial charge in [-0.15, -0.1) is 11.8 Å². The number of nitrogens with two attached hydrogens (primary N) is 2. The van der Waals surface area contributed by atoms with Crippen molar-refractivity contribution < 1.29 is 86.6 Å². The Morgan fingerprint density at radius 1 is 0.576 bits per heavy atom. The van der Waals surface area contributed by atoms with Gasteiger partial charge in [-0.3, -0.25) is 86.9 Å². The summed E-state index contributed by atoms with van der Waals surface area (Å²) < 4.78 is 0. The first kappa shape index (κ1) is 101. The van der Waals surface area contributed by atoms with Crippen molar-refractivity contribution in [2.45, 2.75) is 196 Å². The zero-order valence-electron chi connectivity index (χ0n) is 74.8. The number of benzene rings is 3. The Labute approximate surface area is 766 Å². The molecule has 0 spiro atoms. The molecule has 3 aliphatic heterocycles. The number of guanidine groups is 1. The molecular formula is C88H121N25O18S. The van der Waals surface area contributed by atoms with Crippen molar-refractivity contribution >= 4 is 140 Å². The lowest BCUT2D eigenvalue weighted by molar-refractivity contribution is -0.145. The SMILES string of the molecule is CC(C)CC1NC(=O)C(Cc2cnc[nH]2)NC(=O)C2CCCN2C(=O)C(CC(N)=O)NC(=O)C(C)N(C)C(=O)C2Cc3cccc(c3)CNC(=O)CNCC(CSCC(=O)N2)NC(=O)C(CCCNC(=N)N)NC(=O)C(C)N(C)C(=O)C(CNC(=O)C2CCC2)NC(=O)C(Cc2c[nH]c3ccccc23)NC(=O)C(CO)NC(=O)C(Cc2c[nH]c3ccccc23)NC(=O)CN(C)C1=O. The summed E-state index contributed by atoms with van der Waals surface area (Å²) in [5.41, 5.74) is 15.1. The number of rotatable bonds is 18. The standard InChI is InChI=1S/C88H121N25O18S/c1-47(2)28-65-84(128)110(5)42-73(117)101-62(31-53-36-95-59-22-10-8-20-57(53)59)79(123)109-69(43-114)82(126)104-63(32-54-37-96-60-23-11-9-21-58(54)60)80(124)108-68(40-98-77(121)52-18-13-19-52)86(130)112(7)48(3)75(119)103-61(24-14-26-94-88(90)91)78(122)100-56-39-92-41-72(116)97-35-51-17-12-16-50(29-51)30-66(102-74(118)45-132-44-56)85(129)111(6)49(4)76(120)106-67(34-71(89)115)87(131)113-27-15-25-70(113)83(127)105-64(81(125)107-65)33-55-38-93-46-99-55/h8-12,16-17,20-23,29,36-38,46-49,52,56,61-70,92,95-96,114H,13-15,18-19,24-28,30-35,39-45H2,1-7H3,(H2,89,115)(H,93,99)(H,97,116)(H,98,121)(H,100,122)(H,101,117)(H,102,118)(H,103,119)(H,104,126)(H,105,127)(H,106,120)(H,107,125)(H,108,124)(H,109,123)(H4,90,91,94). The quantitative estimate of drug-likeness (QED) is 0.0220. The summed E-state index contributed by atoms with van der Waals surface area (Å²) in [5, 5.41) is 58.5. The normalized spacial score (nSPS) is 24.9. The maximum absolute atomic E-state index is 15.4. The number of aromatic amines is 3. The number of carbonyl (C=O) groups excluding carboxylic acids is 17. The molecule has 4 bridgehead atoms. The number of carbonyl (C=O) groups is 17. The van der Waals surface area contributed by atoms with Gasteiger partial charge in [0.15, 0.2) is 5.96 Å². The third kappa shape index (κ3) is 28.3. The first-order chi connectivity index (χ1) is 63.0. The molecule has 4 aliphatic rings. The molecule has 132 heavy (non-hydrogen) atoms. The van der Waals surface area contributed by atoms with E-state index in [0.29, 0.717) is 62.6 Å². The Morgan fingerprint density at radius 2 is 1.15 bits per heavy atom. The number of amides is 17. The monoisotopic (exact) mass is 1850 g/mol. The fraction of sp³-hybridized carbons (Fsp3) is 0.511. The molecule has 44 heteroatoms. The number of fused-ring (bicyclic) bond motifs is 11. The summed E-state index contributed by atoms with van der Waals surface area (Å²) in [4.78, 5) is 266. The van der Waals surface area contributed by atoms with Gasteiger partial charge in [-0.05, 0) is 99.1 Å². The van der Waals surface area contributed by atoms with Crippen LogP contribution in [0.15, 0.2) is 97.7 Å². The van der Waals surface area contributed by atoms with Crippen molar-refractivity contribution in [1.29, 1.82) is 5.41 Å². The second kappa shape index (κ2) is 47.9. The molecule has 6 heterocycles. The molecule has 1 aliphatic carbocycles. The van der Waals surface area contributed by atoms with E-state index in [1.165, 1.54) is 47.5 Å². The summed E-state index contributed by atoms with van der Waals surface area (Å²) in [6.45, 7) is 3.38. The van der Waals surface area contributed by atoms with Crippen molar-refractivity contribution in [1.82, 2.24) is 114 Å². The van der Waals surface area contributed by atoms with Crippen LogP contribution in [-0.4, -0.2) is 308 Å². The van der Waals surface area contributed by atoms with Gasteiger partial charge in [0, 0.05) is 137 Å². The van der Waals surface area contributed by atoms with E-state index in [4.69, 9.17) is 16.9 Å². The molecule has 13 atom stereocenters. The Balaban J connectivity index is 0.991. The number of primary amides is 1. The minimum Gasteiger partial charge on any atom is -0.394 e. The Hall–Kier alpha value is -13.5. The van der Waals surface area contributed by atoms with Gasteiger partial charge in [-0.25, -0.2) is 4.98 Å². The number of para-hydroxylation sites is 2. The number of H-pyrrole nitrogens is 3. The minimum absolute atomic E-state index is 0.00260. The van der Waals surface area contributed by atoms with E-state index in [9.17, 15) is 72.2 Å². The second-order valence-corrected chi connectivity index (χ2v) is 35.2. The van der Waals surface area contributed by atoms with Gasteiger partial charge in [0.05, 0.1) is 44.2 Å². The predicted molar refractivity (Wildman–Crippen MR) is 484 cm³/mol. The minimum atomic E-state index is -1.89. The van der Waals surface area contributed by atoms with Gasteiger partial charge in [0.2, 0.25) is 100 Å². The second-order valence-electron chi connectivity index (χ2n) is 34.2. The van der Waals surface area contributed by atoms with E-state index in [2.05, 4.69) is 94.4 Å².